The van der Waals surface area contributed by atoms with Gasteiger partial charge < -0.3 is 9.84 Å². The van der Waals surface area contributed by atoms with Gasteiger partial charge in [-0.25, -0.2) is 8.42 Å². The van der Waals surface area contributed by atoms with Gasteiger partial charge in [-0.2, -0.15) is 0 Å². The van der Waals surface area contributed by atoms with Crippen LogP contribution in [0.5, 0.6) is 0 Å². The fourth-order valence-electron chi connectivity index (χ4n) is 2.25. The standard InChI is InChI=1S/C16H20ClN3O4S/c1-12-10-15(19-24-12)20(25(2,22)23)9-7-16(21)18-8-6-13-4-3-5-14(17)11-13/h3-5,10-11H,6-9H2,1-2H3,(H,18,21). The molecule has 0 fully saturated rings. The first kappa shape index (κ1) is 19.3. The van der Waals surface area contributed by atoms with E-state index in [2.05, 4.69) is 10.5 Å². The van der Waals surface area contributed by atoms with Crippen molar-refractivity contribution in [3.63, 3.8) is 0 Å². The Morgan fingerprint density at radius 1 is 1.36 bits per heavy atom. The molecule has 25 heavy (non-hydrogen) atoms. The maximum Gasteiger partial charge on any atom is 0.233 e. The monoisotopic (exact) mass is 385 g/mol. The molecule has 7 nitrogen and oxygen atoms in total. The molecule has 2 rings (SSSR count). The summed E-state index contributed by atoms with van der Waals surface area (Å²) in [5.41, 5.74) is 1.02. The number of carbonyl (C=O) groups excluding carboxylic acids is 1. The van der Waals surface area contributed by atoms with Crippen molar-refractivity contribution in [3.8, 4) is 0 Å². The quantitative estimate of drug-likeness (QED) is 0.751. The summed E-state index contributed by atoms with van der Waals surface area (Å²) in [6.45, 7) is 2.11. The summed E-state index contributed by atoms with van der Waals surface area (Å²) in [6.07, 6.45) is 1.73. The second kappa shape index (κ2) is 8.35. The van der Waals surface area contributed by atoms with Crippen LogP contribution in [0.3, 0.4) is 0 Å². The molecule has 1 N–H and O–H groups in total. The number of sulfonamides is 1. The van der Waals surface area contributed by atoms with E-state index in [4.69, 9.17) is 16.1 Å². The molecule has 0 aliphatic rings. The summed E-state index contributed by atoms with van der Waals surface area (Å²) >= 11 is 5.91. The average molecular weight is 386 g/mol. The number of amides is 1. The largest absolute Gasteiger partial charge is 0.360 e. The van der Waals surface area contributed by atoms with Crippen molar-refractivity contribution in [3.05, 3.63) is 46.7 Å². The first-order valence-electron chi connectivity index (χ1n) is 7.68. The Bertz CT molecular complexity index is 835. The maximum absolute atomic E-state index is 12.0. The van der Waals surface area contributed by atoms with Crippen molar-refractivity contribution in [2.45, 2.75) is 19.8 Å². The molecule has 0 unspecified atom stereocenters. The number of carbonyl (C=O) groups is 1. The zero-order chi connectivity index (χ0) is 18.4. The molecule has 0 bridgehead atoms. The molecule has 1 aromatic heterocycles. The smallest absolute Gasteiger partial charge is 0.233 e. The normalized spacial score (nSPS) is 11.3. The van der Waals surface area contributed by atoms with E-state index >= 15 is 0 Å². The van der Waals surface area contributed by atoms with Crippen molar-refractivity contribution < 1.29 is 17.7 Å². The number of anilines is 1. The summed E-state index contributed by atoms with van der Waals surface area (Å²) in [5, 5.41) is 7.11. The molecule has 0 atom stereocenters. The van der Waals surface area contributed by atoms with E-state index in [1.165, 1.54) is 6.07 Å². The van der Waals surface area contributed by atoms with Crippen LogP contribution in [-0.2, 0) is 21.2 Å². The average Bonchev–Trinajstić information content (AvgIpc) is 2.92. The number of nitrogens with zero attached hydrogens (tertiary/aromatic N) is 2. The zero-order valence-corrected chi connectivity index (χ0v) is 15.6. The number of hydrogen-bond donors (Lipinski definition) is 1. The molecule has 9 heteroatoms. The summed E-state index contributed by atoms with van der Waals surface area (Å²) in [4.78, 5) is 12.0. The lowest BCUT2D eigenvalue weighted by Crippen LogP contribution is -2.35. The van der Waals surface area contributed by atoms with Gasteiger partial charge in [-0.3, -0.25) is 9.10 Å². The Hall–Kier alpha value is -2.06. The molecule has 0 saturated carbocycles. The molecule has 0 saturated heterocycles. The van der Waals surface area contributed by atoms with E-state index in [0.29, 0.717) is 23.7 Å². The molecule has 0 aliphatic carbocycles. The third-order valence-corrected chi connectivity index (χ3v) is 4.84. The fourth-order valence-corrected chi connectivity index (χ4v) is 3.31. The first-order chi connectivity index (χ1) is 11.8. The number of nitrogens with one attached hydrogen (secondary N) is 1. The Morgan fingerprint density at radius 3 is 2.72 bits per heavy atom. The van der Waals surface area contributed by atoms with E-state index in [1.807, 2.05) is 18.2 Å². The molecule has 1 aromatic carbocycles. The molecule has 0 radical (unpaired) electrons. The Kier molecular flexibility index (Phi) is 6.44. The molecule has 136 valence electrons. The number of halogens is 1. The van der Waals surface area contributed by atoms with Crippen LogP contribution in [0.15, 0.2) is 34.9 Å². The second-order valence-corrected chi connectivity index (χ2v) is 7.95. The summed E-state index contributed by atoms with van der Waals surface area (Å²) in [6, 6.07) is 8.92. The predicted octanol–water partition coefficient (Wildman–Crippen LogP) is 2.15. The van der Waals surface area contributed by atoms with Crippen molar-refractivity contribution in [2.24, 2.45) is 0 Å². The van der Waals surface area contributed by atoms with Crippen molar-refractivity contribution in [2.75, 3.05) is 23.7 Å². The van der Waals surface area contributed by atoms with E-state index in [-0.39, 0.29) is 24.7 Å². The van der Waals surface area contributed by atoms with Gasteiger partial charge in [0.2, 0.25) is 15.9 Å². The van der Waals surface area contributed by atoms with Gasteiger partial charge in [-0.15, -0.1) is 0 Å². The van der Waals surface area contributed by atoms with Crippen molar-refractivity contribution in [1.82, 2.24) is 10.5 Å². The zero-order valence-electron chi connectivity index (χ0n) is 14.0. The molecule has 0 spiro atoms. The fraction of sp³-hybridized carbons (Fsp3) is 0.375. The SMILES string of the molecule is Cc1cc(N(CCC(=O)NCCc2cccc(Cl)c2)S(C)(=O)=O)no1. The highest BCUT2D eigenvalue weighted by Crippen LogP contribution is 2.17. The highest BCUT2D eigenvalue weighted by molar-refractivity contribution is 7.92. The highest BCUT2D eigenvalue weighted by atomic mass is 35.5. The van der Waals surface area contributed by atoms with Gasteiger partial charge in [0.05, 0.1) is 6.26 Å². The molecule has 1 heterocycles. The Labute approximate surface area is 152 Å². The lowest BCUT2D eigenvalue weighted by atomic mass is 10.1. The summed E-state index contributed by atoms with van der Waals surface area (Å²) < 4.78 is 29.7. The van der Waals surface area contributed by atoms with Gasteiger partial charge in [-0.05, 0) is 31.0 Å². The Morgan fingerprint density at radius 2 is 2.12 bits per heavy atom. The van der Waals surface area contributed by atoms with Crippen LogP contribution in [-0.4, -0.2) is 38.8 Å². The first-order valence-corrected chi connectivity index (χ1v) is 9.90. The number of rotatable bonds is 8. The predicted molar refractivity (Wildman–Crippen MR) is 96.2 cm³/mol. The van der Waals surface area contributed by atoms with Crippen LogP contribution in [0, 0.1) is 6.92 Å². The van der Waals surface area contributed by atoms with Crippen LogP contribution in [0.4, 0.5) is 5.82 Å². The third kappa shape index (κ3) is 6.06. The van der Waals surface area contributed by atoms with Gasteiger partial charge in [0.15, 0.2) is 5.82 Å². The van der Waals surface area contributed by atoms with E-state index in [9.17, 15) is 13.2 Å². The minimum Gasteiger partial charge on any atom is -0.360 e. The maximum atomic E-state index is 12.0. The van der Waals surface area contributed by atoms with Gasteiger partial charge in [0.1, 0.15) is 5.76 Å². The van der Waals surface area contributed by atoms with Crippen molar-refractivity contribution >= 4 is 33.3 Å². The molecular formula is C16H20ClN3O4S. The van der Waals surface area contributed by atoms with Gasteiger partial charge in [-0.1, -0.05) is 28.9 Å². The number of aryl methyl sites for hydroxylation is 1. The Balaban J connectivity index is 1.85. The van der Waals surface area contributed by atoms with Crippen LogP contribution in [0.2, 0.25) is 5.02 Å². The van der Waals surface area contributed by atoms with E-state index in [1.54, 1.807) is 13.0 Å². The number of hydrogen-bond acceptors (Lipinski definition) is 5. The lowest BCUT2D eigenvalue weighted by Gasteiger charge is -2.18. The van der Waals surface area contributed by atoms with E-state index in [0.717, 1.165) is 16.1 Å². The minimum absolute atomic E-state index is 0.00615. The van der Waals surface area contributed by atoms with Crippen LogP contribution < -0.4 is 9.62 Å². The third-order valence-electron chi connectivity index (χ3n) is 3.44. The minimum atomic E-state index is -3.55. The van der Waals surface area contributed by atoms with Crippen LogP contribution >= 0.6 is 11.6 Å². The second-order valence-electron chi connectivity index (χ2n) is 5.61. The van der Waals surface area contributed by atoms with Gasteiger partial charge in [0.25, 0.3) is 0 Å². The molecule has 2 aromatic rings. The number of benzene rings is 1. The topological polar surface area (TPSA) is 92.5 Å². The molecule has 1 amide bonds. The lowest BCUT2D eigenvalue weighted by molar-refractivity contribution is -0.120. The highest BCUT2D eigenvalue weighted by Gasteiger charge is 2.21. The molecule has 0 aliphatic heterocycles. The number of aromatic nitrogens is 1. The van der Waals surface area contributed by atoms with Gasteiger partial charge in [0, 0.05) is 30.6 Å². The van der Waals surface area contributed by atoms with Crippen LogP contribution in [0.1, 0.15) is 17.7 Å². The molecular weight excluding hydrogens is 366 g/mol. The van der Waals surface area contributed by atoms with Crippen LogP contribution in [0.25, 0.3) is 0 Å². The summed E-state index contributed by atoms with van der Waals surface area (Å²) in [7, 11) is -3.55. The van der Waals surface area contributed by atoms with E-state index < -0.39 is 10.0 Å². The van der Waals surface area contributed by atoms with Gasteiger partial charge >= 0.3 is 0 Å². The van der Waals surface area contributed by atoms with Crippen molar-refractivity contribution in [1.29, 1.82) is 0 Å². The summed E-state index contributed by atoms with van der Waals surface area (Å²) in [5.74, 6) is 0.428.